The second-order valence-corrected chi connectivity index (χ2v) is 7.46. The van der Waals surface area contributed by atoms with Crippen molar-refractivity contribution < 1.29 is 19.4 Å². The summed E-state index contributed by atoms with van der Waals surface area (Å²) in [6.45, 7) is 3.63. The van der Waals surface area contributed by atoms with Gasteiger partial charge < -0.3 is 15.2 Å². The molecule has 0 radical (unpaired) electrons. The van der Waals surface area contributed by atoms with Crippen LogP contribution in [0.1, 0.15) is 35.7 Å². The lowest BCUT2D eigenvalue weighted by Gasteiger charge is -2.22. The summed E-state index contributed by atoms with van der Waals surface area (Å²) < 4.78 is 6.99. The molecule has 2 aromatic carbocycles. The number of aliphatic carboxylic acids is 1. The minimum Gasteiger partial charge on any atom is -0.480 e. The van der Waals surface area contributed by atoms with E-state index in [1.165, 1.54) is 4.68 Å². The zero-order valence-electron chi connectivity index (χ0n) is 16.8. The summed E-state index contributed by atoms with van der Waals surface area (Å²) in [5.74, 6) is -1.23. The van der Waals surface area contributed by atoms with E-state index in [4.69, 9.17) is 4.74 Å². The Balaban J connectivity index is 1.46. The summed E-state index contributed by atoms with van der Waals surface area (Å²) in [7, 11) is 0. The van der Waals surface area contributed by atoms with E-state index in [1.807, 2.05) is 43.3 Å². The van der Waals surface area contributed by atoms with Crippen molar-refractivity contribution in [3.63, 3.8) is 0 Å². The van der Waals surface area contributed by atoms with Gasteiger partial charge in [0.05, 0.1) is 11.7 Å². The first-order valence-electron chi connectivity index (χ1n) is 9.82. The summed E-state index contributed by atoms with van der Waals surface area (Å²) >= 11 is 0. The molecule has 0 spiro atoms. The molecule has 1 amide bonds. The molecule has 1 aliphatic carbocycles. The van der Waals surface area contributed by atoms with Crippen LogP contribution in [-0.4, -0.2) is 39.6 Å². The zero-order valence-corrected chi connectivity index (χ0v) is 16.8. The van der Waals surface area contributed by atoms with Gasteiger partial charge in [-0.2, -0.15) is 5.10 Å². The third kappa shape index (κ3) is 3.66. The smallest absolute Gasteiger partial charge is 0.407 e. The number of carboxylic acid groups (broad SMARTS) is 1. The molecule has 1 heterocycles. The van der Waals surface area contributed by atoms with Crippen molar-refractivity contribution in [1.82, 2.24) is 15.1 Å². The van der Waals surface area contributed by atoms with E-state index in [0.29, 0.717) is 0 Å². The number of amides is 1. The van der Waals surface area contributed by atoms with Crippen molar-refractivity contribution in [2.45, 2.75) is 31.8 Å². The lowest BCUT2D eigenvalue weighted by atomic mass is 9.98. The number of aryl methyl sites for hydroxylation is 1. The summed E-state index contributed by atoms with van der Waals surface area (Å²) in [5, 5.41) is 16.3. The van der Waals surface area contributed by atoms with Crippen LogP contribution >= 0.6 is 0 Å². The van der Waals surface area contributed by atoms with Gasteiger partial charge in [-0.15, -0.1) is 0 Å². The Morgan fingerprint density at radius 3 is 2.23 bits per heavy atom. The molecule has 7 heteroatoms. The van der Waals surface area contributed by atoms with E-state index in [0.717, 1.165) is 27.9 Å². The molecule has 1 aliphatic rings. The minimum atomic E-state index is -1.17. The molecule has 0 fully saturated rings. The van der Waals surface area contributed by atoms with Crippen LogP contribution in [0.5, 0.6) is 0 Å². The molecule has 30 heavy (non-hydrogen) atoms. The molecular formula is C23H23N3O4. The number of carboxylic acids is 1. The normalized spacial score (nSPS) is 14.5. The van der Waals surface area contributed by atoms with Crippen molar-refractivity contribution in [3.8, 4) is 11.1 Å². The quantitative estimate of drug-likeness (QED) is 0.652. The molecule has 0 aliphatic heterocycles. The molecule has 4 rings (SSSR count). The maximum atomic E-state index is 12.5. The van der Waals surface area contributed by atoms with Gasteiger partial charge in [0, 0.05) is 12.1 Å². The first-order valence-corrected chi connectivity index (χ1v) is 9.82. The number of hydrogen-bond acceptors (Lipinski definition) is 4. The number of aromatic nitrogens is 2. The maximum Gasteiger partial charge on any atom is 0.407 e. The molecule has 3 aromatic rings. The van der Waals surface area contributed by atoms with Gasteiger partial charge in [-0.3, -0.25) is 4.68 Å². The predicted molar refractivity (Wildman–Crippen MR) is 111 cm³/mol. The molecule has 2 N–H and O–H groups in total. The average molecular weight is 405 g/mol. The Kier molecular flexibility index (Phi) is 5.27. The number of rotatable bonds is 6. The predicted octanol–water partition coefficient (Wildman–Crippen LogP) is 3.74. The minimum absolute atomic E-state index is 0.0855. The second-order valence-electron chi connectivity index (χ2n) is 7.46. The van der Waals surface area contributed by atoms with Crippen LogP contribution in [-0.2, 0) is 9.53 Å². The Morgan fingerprint density at radius 2 is 1.70 bits per heavy atom. The highest BCUT2D eigenvalue weighted by molar-refractivity contribution is 5.81. The van der Waals surface area contributed by atoms with Crippen LogP contribution in [0.2, 0.25) is 0 Å². The van der Waals surface area contributed by atoms with Crippen molar-refractivity contribution in [2.75, 3.05) is 6.61 Å². The highest BCUT2D eigenvalue weighted by atomic mass is 16.5. The maximum absolute atomic E-state index is 12.5. The largest absolute Gasteiger partial charge is 0.480 e. The van der Waals surface area contributed by atoms with Crippen molar-refractivity contribution in [1.29, 1.82) is 0 Å². The van der Waals surface area contributed by atoms with Gasteiger partial charge in [0.15, 0.2) is 6.04 Å². The number of alkyl carbamates (subject to hydrolysis) is 1. The third-order valence-electron chi connectivity index (χ3n) is 5.52. The van der Waals surface area contributed by atoms with Crippen LogP contribution in [0.25, 0.3) is 11.1 Å². The number of nitrogens with one attached hydrogen (secondary N) is 1. The number of hydrogen-bond donors (Lipinski definition) is 2. The number of fused-ring (bicyclic) bond motifs is 3. The fourth-order valence-corrected chi connectivity index (χ4v) is 3.97. The summed E-state index contributed by atoms with van der Waals surface area (Å²) in [6, 6.07) is 16.1. The van der Waals surface area contributed by atoms with Gasteiger partial charge in [0.2, 0.25) is 0 Å². The number of benzene rings is 2. The summed E-state index contributed by atoms with van der Waals surface area (Å²) in [5.41, 5.74) is 5.23. The Hall–Kier alpha value is -3.61. The van der Waals surface area contributed by atoms with E-state index < -0.39 is 24.1 Å². The Labute approximate surface area is 174 Å². The molecule has 154 valence electrons. The van der Waals surface area contributed by atoms with Gasteiger partial charge in [-0.25, -0.2) is 9.59 Å². The number of carbonyl (C=O) groups is 2. The summed E-state index contributed by atoms with van der Waals surface area (Å²) in [6.07, 6.45) is 0.926. The van der Waals surface area contributed by atoms with Crippen molar-refractivity contribution in [2.24, 2.45) is 0 Å². The fraction of sp³-hybridized carbons (Fsp3) is 0.261. The van der Waals surface area contributed by atoms with Gasteiger partial charge in [-0.1, -0.05) is 48.5 Å². The molecule has 2 atom stereocenters. The van der Waals surface area contributed by atoms with E-state index in [1.54, 1.807) is 19.2 Å². The first kappa shape index (κ1) is 19.7. The fourth-order valence-electron chi connectivity index (χ4n) is 3.97. The average Bonchev–Trinajstić information content (AvgIpc) is 3.31. The van der Waals surface area contributed by atoms with Crippen molar-refractivity contribution in [3.05, 3.63) is 77.6 Å². The van der Waals surface area contributed by atoms with Crippen LogP contribution in [0.4, 0.5) is 4.79 Å². The number of nitrogens with zero attached hydrogens (tertiary/aromatic N) is 2. The van der Waals surface area contributed by atoms with E-state index in [9.17, 15) is 14.7 Å². The van der Waals surface area contributed by atoms with E-state index in [2.05, 4.69) is 22.5 Å². The number of carbonyl (C=O) groups excluding carboxylic acids is 1. The van der Waals surface area contributed by atoms with Gasteiger partial charge in [0.1, 0.15) is 6.61 Å². The van der Waals surface area contributed by atoms with Gasteiger partial charge in [0.25, 0.3) is 0 Å². The first-order chi connectivity index (χ1) is 14.5. The number of ether oxygens (including phenoxy) is 1. The molecule has 0 saturated carbocycles. The lowest BCUT2D eigenvalue weighted by Crippen LogP contribution is -2.46. The highest BCUT2D eigenvalue weighted by Crippen LogP contribution is 2.44. The molecule has 7 nitrogen and oxygen atoms in total. The SMILES string of the molecule is Cc1ccn(C(C)C(NC(=O)OCC2c3ccccc3-c3ccccc32)C(=O)O)n1. The zero-order chi connectivity index (χ0) is 21.3. The van der Waals surface area contributed by atoms with Crippen molar-refractivity contribution >= 4 is 12.1 Å². The van der Waals surface area contributed by atoms with Crippen LogP contribution < -0.4 is 5.32 Å². The van der Waals surface area contributed by atoms with Gasteiger partial charge >= 0.3 is 12.1 Å². The van der Waals surface area contributed by atoms with Crippen LogP contribution in [0.3, 0.4) is 0 Å². The third-order valence-corrected chi connectivity index (χ3v) is 5.52. The van der Waals surface area contributed by atoms with E-state index >= 15 is 0 Å². The lowest BCUT2D eigenvalue weighted by molar-refractivity contribution is -0.140. The molecular weight excluding hydrogens is 382 g/mol. The molecule has 1 aromatic heterocycles. The van der Waals surface area contributed by atoms with Gasteiger partial charge in [-0.05, 0) is 42.2 Å². The standard InChI is InChI=1S/C23H23N3O4/c1-14-11-12-26(25-14)15(2)21(22(27)28)24-23(29)30-13-20-18-9-5-3-7-16(18)17-8-4-6-10-19(17)20/h3-12,15,20-21H,13H2,1-2H3,(H,24,29)(H,27,28). The van der Waals surface area contributed by atoms with E-state index in [-0.39, 0.29) is 12.5 Å². The van der Waals surface area contributed by atoms with Crippen LogP contribution in [0.15, 0.2) is 60.8 Å². The molecule has 0 saturated heterocycles. The molecule has 0 bridgehead atoms. The summed E-state index contributed by atoms with van der Waals surface area (Å²) in [4.78, 5) is 24.2. The second kappa shape index (κ2) is 8.02. The Bertz CT molecular complexity index is 1050. The topological polar surface area (TPSA) is 93.5 Å². The Morgan fingerprint density at radius 1 is 1.10 bits per heavy atom. The highest BCUT2D eigenvalue weighted by Gasteiger charge is 2.31. The monoisotopic (exact) mass is 405 g/mol. The van der Waals surface area contributed by atoms with Crippen LogP contribution in [0, 0.1) is 6.92 Å². The molecule has 2 unspecified atom stereocenters.